The van der Waals surface area contributed by atoms with Gasteiger partial charge < -0.3 is 19.3 Å². The van der Waals surface area contributed by atoms with Crippen molar-refractivity contribution in [1.29, 1.82) is 0 Å². The van der Waals surface area contributed by atoms with E-state index in [9.17, 15) is 14.4 Å². The molecule has 324 valence electrons. The quantitative estimate of drug-likeness (QED) is 0.0455. The Morgan fingerprint density at radius 2 is 0.873 bits per heavy atom. The Kier molecular flexibility index (Phi) is 36.6. The number of hydrogen-bond donors (Lipinski definition) is 0. The first-order valence-corrected chi connectivity index (χ1v) is 24.3. The first-order valence-electron chi connectivity index (χ1n) is 24.3. The molecule has 7 nitrogen and oxygen atoms in total. The monoisotopic (exact) mass is 777 g/mol. The number of rotatable bonds is 41. The average Bonchev–Trinajstić information content (AvgIpc) is 3.72. The van der Waals surface area contributed by atoms with E-state index in [0.29, 0.717) is 32.5 Å². The highest BCUT2D eigenvalue weighted by Crippen LogP contribution is 2.23. The lowest BCUT2D eigenvalue weighted by molar-refractivity contribution is -0.144. The molecule has 0 spiro atoms. The normalized spacial score (nSPS) is 13.2. The van der Waals surface area contributed by atoms with Crippen LogP contribution in [0.3, 0.4) is 0 Å². The number of esters is 2. The highest BCUT2D eigenvalue weighted by atomic mass is 16.5. The molecule has 0 aliphatic carbocycles. The van der Waals surface area contributed by atoms with E-state index in [1.165, 1.54) is 128 Å². The molecule has 1 saturated heterocycles. The molecule has 1 heterocycles. The van der Waals surface area contributed by atoms with Crippen molar-refractivity contribution in [2.75, 3.05) is 45.9 Å². The zero-order valence-corrected chi connectivity index (χ0v) is 37.0. The fourth-order valence-corrected chi connectivity index (χ4v) is 8.08. The molecule has 1 fully saturated rings. The van der Waals surface area contributed by atoms with Gasteiger partial charge in [-0.05, 0) is 76.8 Å². The highest BCUT2D eigenvalue weighted by molar-refractivity contribution is 5.76. The average molecular weight is 777 g/mol. The van der Waals surface area contributed by atoms with Crippen molar-refractivity contribution in [2.24, 2.45) is 5.92 Å². The molecule has 1 aliphatic heterocycles. The second-order valence-corrected chi connectivity index (χ2v) is 17.0. The summed E-state index contributed by atoms with van der Waals surface area (Å²) in [5.74, 6) is 0.952. The van der Waals surface area contributed by atoms with Gasteiger partial charge >= 0.3 is 11.9 Å². The van der Waals surface area contributed by atoms with Crippen LogP contribution in [0.15, 0.2) is 0 Å². The van der Waals surface area contributed by atoms with Crippen molar-refractivity contribution in [3.63, 3.8) is 0 Å². The lowest BCUT2D eigenvalue weighted by Crippen LogP contribution is -2.35. The lowest BCUT2D eigenvalue weighted by atomic mass is 9.91. The van der Waals surface area contributed by atoms with Crippen molar-refractivity contribution < 1.29 is 23.9 Å². The first-order chi connectivity index (χ1) is 27.0. The standard InChI is InChI=1S/C48H92N2O5/c1-4-7-10-13-14-15-16-20-30-43-54-47(52)36-25-21-27-41-50(46(51)37-42-49-38-28-29-39-49)40-26-19-17-18-24-35-48(53)55-44-31-34-45(32-22-11-8-5-2)33-23-12-9-6-3/h45H,4-44H2,1-3H3. The molecule has 0 radical (unpaired) electrons. The van der Waals surface area contributed by atoms with Gasteiger partial charge in [-0.15, -0.1) is 0 Å². The van der Waals surface area contributed by atoms with E-state index in [0.717, 1.165) is 109 Å². The van der Waals surface area contributed by atoms with Gasteiger partial charge in [-0.25, -0.2) is 0 Å². The third-order valence-corrected chi connectivity index (χ3v) is 11.8. The van der Waals surface area contributed by atoms with Crippen LogP contribution in [0.4, 0.5) is 0 Å². The van der Waals surface area contributed by atoms with E-state index >= 15 is 0 Å². The van der Waals surface area contributed by atoms with Gasteiger partial charge in [-0.3, -0.25) is 14.4 Å². The van der Waals surface area contributed by atoms with Crippen LogP contribution >= 0.6 is 0 Å². The number of nitrogens with zero attached hydrogens (tertiary/aromatic N) is 2. The molecule has 0 N–H and O–H groups in total. The summed E-state index contributed by atoms with van der Waals surface area (Å²) in [6.07, 6.45) is 38.8. The van der Waals surface area contributed by atoms with Crippen molar-refractivity contribution in [1.82, 2.24) is 9.80 Å². The molecule has 1 rings (SSSR count). The van der Waals surface area contributed by atoms with E-state index in [1.54, 1.807) is 0 Å². The van der Waals surface area contributed by atoms with Crippen LogP contribution in [-0.2, 0) is 23.9 Å². The number of ether oxygens (including phenoxy) is 2. The lowest BCUT2D eigenvalue weighted by Gasteiger charge is -2.24. The van der Waals surface area contributed by atoms with Gasteiger partial charge in [0.05, 0.1) is 13.2 Å². The summed E-state index contributed by atoms with van der Waals surface area (Å²) in [4.78, 5) is 42.4. The number of amides is 1. The van der Waals surface area contributed by atoms with Crippen molar-refractivity contribution in [3.8, 4) is 0 Å². The predicted molar refractivity (Wildman–Crippen MR) is 232 cm³/mol. The summed E-state index contributed by atoms with van der Waals surface area (Å²) >= 11 is 0. The van der Waals surface area contributed by atoms with Gasteiger partial charge in [0.15, 0.2) is 0 Å². The van der Waals surface area contributed by atoms with Crippen LogP contribution in [0.5, 0.6) is 0 Å². The van der Waals surface area contributed by atoms with Gasteiger partial charge in [-0.1, -0.05) is 162 Å². The van der Waals surface area contributed by atoms with E-state index in [-0.39, 0.29) is 17.8 Å². The van der Waals surface area contributed by atoms with Gasteiger partial charge in [-0.2, -0.15) is 0 Å². The minimum absolute atomic E-state index is 0.0377. The fourth-order valence-electron chi connectivity index (χ4n) is 8.08. The van der Waals surface area contributed by atoms with Crippen LogP contribution in [0.2, 0.25) is 0 Å². The summed E-state index contributed by atoms with van der Waals surface area (Å²) in [6, 6.07) is 0. The minimum Gasteiger partial charge on any atom is -0.466 e. The Morgan fingerprint density at radius 3 is 1.40 bits per heavy atom. The van der Waals surface area contributed by atoms with Crippen molar-refractivity contribution >= 4 is 17.8 Å². The molecule has 55 heavy (non-hydrogen) atoms. The molecule has 0 aromatic rings. The van der Waals surface area contributed by atoms with E-state index in [1.807, 2.05) is 0 Å². The zero-order valence-electron chi connectivity index (χ0n) is 37.0. The molecule has 0 aromatic carbocycles. The maximum Gasteiger partial charge on any atom is 0.305 e. The molecule has 1 amide bonds. The molecule has 7 heteroatoms. The fraction of sp³-hybridized carbons (Fsp3) is 0.938. The topological polar surface area (TPSA) is 76.1 Å². The molecule has 1 aliphatic rings. The van der Waals surface area contributed by atoms with Crippen LogP contribution in [-0.4, -0.2) is 73.6 Å². The van der Waals surface area contributed by atoms with Gasteiger partial charge in [0.1, 0.15) is 0 Å². The van der Waals surface area contributed by atoms with Gasteiger partial charge in [0.2, 0.25) is 5.91 Å². The summed E-state index contributed by atoms with van der Waals surface area (Å²) in [7, 11) is 0. The second-order valence-electron chi connectivity index (χ2n) is 17.0. The van der Waals surface area contributed by atoms with E-state index in [4.69, 9.17) is 9.47 Å². The Hall–Kier alpha value is -1.63. The third kappa shape index (κ3) is 33.1. The van der Waals surface area contributed by atoms with Crippen molar-refractivity contribution in [3.05, 3.63) is 0 Å². The molecular weight excluding hydrogens is 685 g/mol. The molecule has 0 aromatic heterocycles. The van der Waals surface area contributed by atoms with Crippen LogP contribution in [0.1, 0.15) is 239 Å². The number of likely N-dealkylation sites (tertiary alicyclic amines) is 1. The predicted octanol–water partition coefficient (Wildman–Crippen LogP) is 13.2. The Balaban J connectivity index is 2.21. The largest absolute Gasteiger partial charge is 0.466 e. The van der Waals surface area contributed by atoms with Gasteiger partial charge in [0, 0.05) is 38.9 Å². The summed E-state index contributed by atoms with van der Waals surface area (Å²) < 4.78 is 11.1. The Bertz CT molecular complexity index is 864. The zero-order chi connectivity index (χ0) is 39.9. The number of unbranched alkanes of at least 4 members (excludes halogenated alkanes) is 20. The van der Waals surface area contributed by atoms with Crippen LogP contribution in [0.25, 0.3) is 0 Å². The Morgan fingerprint density at radius 1 is 0.473 bits per heavy atom. The van der Waals surface area contributed by atoms with Crippen LogP contribution < -0.4 is 0 Å². The molecule has 0 unspecified atom stereocenters. The van der Waals surface area contributed by atoms with Crippen molar-refractivity contribution in [2.45, 2.75) is 239 Å². The molecular formula is C48H92N2O5. The molecule has 0 saturated carbocycles. The van der Waals surface area contributed by atoms with E-state index in [2.05, 4.69) is 30.6 Å². The first kappa shape index (κ1) is 51.4. The van der Waals surface area contributed by atoms with E-state index < -0.39 is 0 Å². The number of carbonyl (C=O) groups is 3. The highest BCUT2D eigenvalue weighted by Gasteiger charge is 2.17. The summed E-state index contributed by atoms with van der Waals surface area (Å²) in [5, 5.41) is 0. The van der Waals surface area contributed by atoms with Gasteiger partial charge in [0.25, 0.3) is 0 Å². The molecule has 0 atom stereocenters. The maximum absolute atomic E-state index is 13.2. The Labute approximate surface area is 341 Å². The molecule has 0 bridgehead atoms. The number of carbonyl (C=O) groups excluding carboxylic acids is 3. The maximum atomic E-state index is 13.2. The van der Waals surface area contributed by atoms with Crippen LogP contribution in [0, 0.1) is 5.92 Å². The smallest absolute Gasteiger partial charge is 0.305 e. The summed E-state index contributed by atoms with van der Waals surface area (Å²) in [6.45, 7) is 12.6. The SMILES string of the molecule is CCCCCCCCCCCOC(=O)CCCCCN(CCCCCCCC(=O)OCCCC(CCCCCC)CCCCCC)C(=O)CCN1CCCC1. The second kappa shape index (κ2) is 39.2. The number of hydrogen-bond acceptors (Lipinski definition) is 6. The third-order valence-electron chi connectivity index (χ3n) is 11.8. The minimum atomic E-state index is -0.0727. The summed E-state index contributed by atoms with van der Waals surface area (Å²) in [5.41, 5.74) is 0.